The topological polar surface area (TPSA) is 113 Å². The van der Waals surface area contributed by atoms with Gasteiger partial charge in [-0.2, -0.15) is 57.1 Å². The molecule has 41 heavy (non-hydrogen) atoms. The number of carbonyl (C=O) groups excluding carboxylic acids is 1. The van der Waals surface area contributed by atoms with Crippen LogP contribution < -0.4 is 5.32 Å². The van der Waals surface area contributed by atoms with Gasteiger partial charge < -0.3 is 20.3 Å². The molecule has 0 saturated heterocycles. The maximum Gasteiger partial charge on any atom is 0.460 e. The Hall–Kier alpha value is -1.13. The fraction of sp³-hybridized carbons (Fsp3) is 0.500. The summed E-state index contributed by atoms with van der Waals surface area (Å²) < 4.78 is 174. The molecule has 1 aromatic rings. The maximum atomic E-state index is 13.8. The lowest BCUT2D eigenvalue weighted by Gasteiger charge is -2.39. The number of hydrogen-bond acceptors (Lipinski definition) is 4. The van der Waals surface area contributed by atoms with Crippen LogP contribution in [0.15, 0.2) is 0 Å². The van der Waals surface area contributed by atoms with Crippen molar-refractivity contribution in [3.8, 4) is 0 Å². The molecule has 1 aromatic carbocycles. The van der Waals surface area contributed by atoms with Crippen molar-refractivity contribution in [2.75, 3.05) is 18.5 Å². The minimum atomic E-state index is -8.04. The van der Waals surface area contributed by atoms with E-state index in [4.69, 9.17) is 0 Å². The Morgan fingerprint density at radius 1 is 0.659 bits per heavy atom. The molecule has 0 unspecified atom stereocenters. The largest absolute Gasteiger partial charge is 0.478 e. The van der Waals surface area contributed by atoms with E-state index in [1.54, 1.807) is 0 Å². The molecule has 0 atom stereocenters. The Balaban J connectivity index is 3.10. The summed E-state index contributed by atoms with van der Waals surface area (Å²) in [6.45, 7) is -3.27. The number of aromatic carboxylic acids is 2. The highest BCUT2D eigenvalue weighted by atomic mass is 127. The summed E-state index contributed by atoms with van der Waals surface area (Å²) in [7, 11) is 0. The predicted molar refractivity (Wildman–Crippen MR) is 133 cm³/mol. The van der Waals surface area contributed by atoms with E-state index in [1.165, 1.54) is 67.8 Å². The number of amides is 1. The summed E-state index contributed by atoms with van der Waals surface area (Å²) in [5.41, 5.74) is -1.62. The van der Waals surface area contributed by atoms with Crippen LogP contribution in [-0.2, 0) is 9.53 Å². The normalized spacial score (nSPS) is 13.8. The molecule has 0 heterocycles. The molecule has 234 valence electrons. The quantitative estimate of drug-likeness (QED) is 0.119. The molecule has 0 fully saturated rings. The molecule has 0 aromatic heterocycles. The van der Waals surface area contributed by atoms with E-state index >= 15 is 0 Å². The Morgan fingerprint density at radius 3 is 1.41 bits per heavy atom. The molecule has 0 aliphatic carbocycles. The van der Waals surface area contributed by atoms with Crippen molar-refractivity contribution >= 4 is 91.3 Å². The first-order valence-electron chi connectivity index (χ1n) is 9.62. The van der Waals surface area contributed by atoms with E-state index in [0.717, 1.165) is 0 Å². The third kappa shape index (κ3) is 6.84. The minimum Gasteiger partial charge on any atom is -0.478 e. The molecular weight excluding hydrogens is 954 g/mol. The minimum absolute atomic E-state index is 0.243. The zero-order valence-electron chi connectivity index (χ0n) is 18.7. The van der Waals surface area contributed by atoms with Gasteiger partial charge in [-0.05, 0) is 67.8 Å². The Morgan fingerprint density at radius 2 is 1.05 bits per heavy atom. The fourth-order valence-electron chi connectivity index (χ4n) is 2.65. The third-order valence-corrected chi connectivity index (χ3v) is 8.04. The van der Waals surface area contributed by atoms with Crippen LogP contribution in [-0.4, -0.2) is 77.1 Å². The van der Waals surface area contributed by atoms with E-state index < -0.39 is 90.1 Å². The zero-order valence-corrected chi connectivity index (χ0v) is 25.2. The number of alkyl halides is 13. The summed E-state index contributed by atoms with van der Waals surface area (Å²) in [6, 6.07) is 0. The van der Waals surface area contributed by atoms with E-state index in [0.29, 0.717) is 0 Å². The average molecular weight is 963 g/mol. The Kier molecular flexibility index (Phi) is 11.5. The number of carboxylic acids is 2. The average Bonchev–Trinajstić information content (AvgIpc) is 2.77. The van der Waals surface area contributed by atoms with Gasteiger partial charge >= 0.3 is 47.7 Å². The van der Waals surface area contributed by atoms with Crippen molar-refractivity contribution in [2.45, 2.75) is 42.2 Å². The monoisotopic (exact) mass is 963 g/mol. The van der Waals surface area contributed by atoms with Gasteiger partial charge in [0.2, 0.25) is 5.91 Å². The summed E-state index contributed by atoms with van der Waals surface area (Å²) in [6.07, 6.45) is -10.2. The first-order chi connectivity index (χ1) is 18.1. The van der Waals surface area contributed by atoms with Crippen LogP contribution in [0.2, 0.25) is 0 Å². The second-order valence-electron chi connectivity index (χ2n) is 7.53. The molecule has 0 spiro atoms. The highest BCUT2D eigenvalue weighted by Gasteiger charge is 2.90. The number of nitrogens with one attached hydrogen (secondary N) is 1. The van der Waals surface area contributed by atoms with Crippen molar-refractivity contribution in [3.05, 3.63) is 21.8 Å². The summed E-state index contributed by atoms with van der Waals surface area (Å²) in [4.78, 5) is 35.1. The molecule has 0 saturated carbocycles. The van der Waals surface area contributed by atoms with Crippen molar-refractivity contribution in [2.24, 2.45) is 0 Å². The van der Waals surface area contributed by atoms with Gasteiger partial charge in [0.15, 0.2) is 0 Å². The standard InChI is InChI=1S/C18H9F13I3NO6/c19-13(20,14(21,22)15(23,24)16(25,26)17(27,28)18(29,30)31)1-2-41-3-4(36)35-10-8(33)5(11(37)38)7(32)6(9(10)34)12(39)40/h1-3H2,(H,35,36)(H,37,38)(H,39,40). The second-order valence-corrected chi connectivity index (χ2v) is 10.8. The lowest BCUT2D eigenvalue weighted by Crippen LogP contribution is -2.70. The molecular formula is C18H9F13I3NO6. The van der Waals surface area contributed by atoms with Gasteiger partial charge in [-0.1, -0.05) is 0 Å². The van der Waals surface area contributed by atoms with Crippen LogP contribution in [0.4, 0.5) is 62.8 Å². The van der Waals surface area contributed by atoms with Crippen LogP contribution in [0.3, 0.4) is 0 Å². The Bertz CT molecular complexity index is 1180. The smallest absolute Gasteiger partial charge is 0.460 e. The van der Waals surface area contributed by atoms with Crippen LogP contribution in [0.5, 0.6) is 0 Å². The lowest BCUT2D eigenvalue weighted by atomic mass is 9.93. The third-order valence-electron chi connectivity index (χ3n) is 4.80. The molecule has 3 N–H and O–H groups in total. The van der Waals surface area contributed by atoms with E-state index in [9.17, 15) is 81.7 Å². The van der Waals surface area contributed by atoms with Crippen LogP contribution in [0.1, 0.15) is 27.1 Å². The van der Waals surface area contributed by atoms with Gasteiger partial charge in [0, 0.05) is 9.99 Å². The summed E-state index contributed by atoms with van der Waals surface area (Å²) in [5.74, 6) is -42.4. The highest BCUT2D eigenvalue weighted by molar-refractivity contribution is 14.1. The first-order valence-corrected chi connectivity index (χ1v) is 12.9. The number of ether oxygens (including phenoxy) is 1. The van der Waals surface area contributed by atoms with Crippen LogP contribution in [0.25, 0.3) is 0 Å². The first kappa shape index (κ1) is 37.9. The molecule has 0 aliphatic rings. The number of hydrogen-bond donors (Lipinski definition) is 3. The molecule has 7 nitrogen and oxygen atoms in total. The van der Waals surface area contributed by atoms with Crippen LogP contribution >= 0.6 is 67.8 Å². The van der Waals surface area contributed by atoms with Crippen LogP contribution in [0, 0.1) is 10.7 Å². The van der Waals surface area contributed by atoms with Crippen molar-refractivity contribution in [1.82, 2.24) is 0 Å². The van der Waals surface area contributed by atoms with E-state index in [-0.39, 0.29) is 10.7 Å². The van der Waals surface area contributed by atoms with Gasteiger partial charge in [0.05, 0.1) is 30.6 Å². The summed E-state index contributed by atoms with van der Waals surface area (Å²) >= 11 is 4.18. The Labute approximate surface area is 258 Å². The molecule has 0 bridgehead atoms. The number of carbonyl (C=O) groups is 3. The number of benzene rings is 1. The van der Waals surface area contributed by atoms with Gasteiger partial charge in [0.1, 0.15) is 6.61 Å². The molecule has 1 amide bonds. The lowest BCUT2D eigenvalue weighted by molar-refractivity contribution is -0.440. The van der Waals surface area contributed by atoms with Crippen molar-refractivity contribution in [3.63, 3.8) is 0 Å². The molecule has 0 aliphatic heterocycles. The number of halogens is 16. The van der Waals surface area contributed by atoms with Crippen molar-refractivity contribution in [1.29, 1.82) is 0 Å². The maximum absolute atomic E-state index is 13.8. The van der Waals surface area contributed by atoms with E-state index in [2.05, 4.69) is 4.74 Å². The molecule has 1 rings (SSSR count). The van der Waals surface area contributed by atoms with Crippen molar-refractivity contribution < 1.29 is 86.4 Å². The van der Waals surface area contributed by atoms with Gasteiger partial charge in [0.25, 0.3) is 0 Å². The van der Waals surface area contributed by atoms with E-state index in [1.807, 2.05) is 5.32 Å². The van der Waals surface area contributed by atoms with Gasteiger partial charge in [-0.15, -0.1) is 0 Å². The number of rotatable bonds is 12. The second kappa shape index (κ2) is 12.5. The van der Waals surface area contributed by atoms with Gasteiger partial charge in [-0.3, -0.25) is 4.79 Å². The molecule has 23 heteroatoms. The zero-order chi connectivity index (χ0) is 32.7. The fourth-order valence-corrected chi connectivity index (χ4v) is 7.01. The molecule has 0 radical (unpaired) electrons. The number of carboxylic acid groups (broad SMARTS) is 2. The predicted octanol–water partition coefficient (Wildman–Crippen LogP) is 6.98. The van der Waals surface area contributed by atoms with Gasteiger partial charge in [-0.25, -0.2) is 9.59 Å². The highest BCUT2D eigenvalue weighted by Crippen LogP contribution is 2.60. The number of anilines is 1. The summed E-state index contributed by atoms with van der Waals surface area (Å²) in [5, 5.41) is 20.6. The SMILES string of the molecule is O=C(COCCC(F)(F)C(F)(F)C(F)(F)C(F)(F)C(F)(F)C(F)(F)F)Nc1c(I)c(C(=O)O)c(I)c(C(=O)O)c1I.